The van der Waals surface area contributed by atoms with Crippen molar-refractivity contribution in [2.45, 2.75) is 39.5 Å². The van der Waals surface area contributed by atoms with Crippen LogP contribution in [0.5, 0.6) is 0 Å². The van der Waals surface area contributed by atoms with Crippen molar-refractivity contribution in [3.63, 3.8) is 0 Å². The molecule has 0 aliphatic heterocycles. The minimum atomic E-state index is -0.106. The number of hydrogen-bond donors (Lipinski definition) is 3. The number of carbonyl (C=O) groups excluding carboxylic acids is 2. The van der Waals surface area contributed by atoms with Crippen molar-refractivity contribution in [1.29, 1.82) is 0 Å². The summed E-state index contributed by atoms with van der Waals surface area (Å²) in [5.74, 6) is -0.206. The quantitative estimate of drug-likeness (QED) is 0.685. The molecule has 22 heavy (non-hydrogen) atoms. The lowest BCUT2D eigenvalue weighted by molar-refractivity contribution is -0.120. The molecule has 0 heterocycles. The molecule has 5 nitrogen and oxygen atoms in total. The molecule has 0 fully saturated rings. The van der Waals surface area contributed by atoms with Gasteiger partial charge in [0.15, 0.2) is 0 Å². The van der Waals surface area contributed by atoms with E-state index in [1.54, 1.807) is 18.2 Å². The number of nitrogens with one attached hydrogen (secondary N) is 2. The zero-order valence-corrected chi connectivity index (χ0v) is 13.9. The first-order valence-electron chi connectivity index (χ1n) is 7.62. The smallest absolute Gasteiger partial charge is 0.227 e. The van der Waals surface area contributed by atoms with Crippen molar-refractivity contribution in [3.8, 4) is 0 Å². The van der Waals surface area contributed by atoms with Crippen LogP contribution < -0.4 is 16.4 Å². The van der Waals surface area contributed by atoms with E-state index in [4.69, 9.17) is 17.3 Å². The van der Waals surface area contributed by atoms with Gasteiger partial charge in [-0.3, -0.25) is 9.59 Å². The maximum absolute atomic E-state index is 12.1. The molecule has 1 aromatic rings. The minimum Gasteiger partial charge on any atom is -0.330 e. The van der Waals surface area contributed by atoms with Crippen LogP contribution in [0.3, 0.4) is 0 Å². The highest BCUT2D eigenvalue weighted by molar-refractivity contribution is 6.33. The number of anilines is 2. The number of nitrogens with two attached hydrogens (primary N) is 1. The minimum absolute atomic E-state index is 0.0427. The molecule has 0 aromatic heterocycles. The first kappa shape index (κ1) is 18.5. The summed E-state index contributed by atoms with van der Waals surface area (Å²) in [7, 11) is 0. The SMILES string of the molecule is CCC(CC)C(=O)Nc1cc(NC(=O)CCCN)ccc1Cl. The molecule has 0 saturated carbocycles. The van der Waals surface area contributed by atoms with Gasteiger partial charge in [0.05, 0.1) is 10.7 Å². The lowest BCUT2D eigenvalue weighted by atomic mass is 10.0. The molecule has 0 radical (unpaired) electrons. The maximum Gasteiger partial charge on any atom is 0.227 e. The summed E-state index contributed by atoms with van der Waals surface area (Å²) in [5.41, 5.74) is 6.49. The lowest BCUT2D eigenvalue weighted by Crippen LogP contribution is -2.22. The van der Waals surface area contributed by atoms with E-state index in [1.807, 2.05) is 13.8 Å². The molecule has 0 atom stereocenters. The third-order valence-corrected chi connectivity index (χ3v) is 3.80. The van der Waals surface area contributed by atoms with Crippen molar-refractivity contribution in [3.05, 3.63) is 23.2 Å². The second-order valence-electron chi connectivity index (χ2n) is 5.14. The Hall–Kier alpha value is -1.59. The van der Waals surface area contributed by atoms with E-state index in [0.29, 0.717) is 35.8 Å². The standard InChI is InChI=1S/C16H24ClN3O2/c1-3-11(4-2)16(22)20-14-10-12(7-8-13(14)17)19-15(21)6-5-9-18/h7-8,10-11H,3-6,9,18H2,1-2H3,(H,19,21)(H,20,22). The van der Waals surface area contributed by atoms with Gasteiger partial charge in [-0.25, -0.2) is 0 Å². The highest BCUT2D eigenvalue weighted by Gasteiger charge is 2.15. The normalized spacial score (nSPS) is 10.6. The number of hydrogen-bond acceptors (Lipinski definition) is 3. The number of carbonyl (C=O) groups is 2. The molecule has 4 N–H and O–H groups in total. The first-order valence-corrected chi connectivity index (χ1v) is 7.99. The fourth-order valence-electron chi connectivity index (χ4n) is 2.08. The van der Waals surface area contributed by atoms with Gasteiger partial charge in [-0.1, -0.05) is 25.4 Å². The molecular weight excluding hydrogens is 302 g/mol. The van der Waals surface area contributed by atoms with Crippen LogP contribution in [0.4, 0.5) is 11.4 Å². The molecule has 0 aliphatic rings. The van der Waals surface area contributed by atoms with Crippen LogP contribution >= 0.6 is 11.6 Å². The van der Waals surface area contributed by atoms with E-state index < -0.39 is 0 Å². The van der Waals surface area contributed by atoms with Crippen LogP contribution in [0.15, 0.2) is 18.2 Å². The van der Waals surface area contributed by atoms with Gasteiger partial charge in [-0.15, -0.1) is 0 Å². The van der Waals surface area contributed by atoms with Gasteiger partial charge >= 0.3 is 0 Å². The van der Waals surface area contributed by atoms with Crippen molar-refractivity contribution in [2.75, 3.05) is 17.2 Å². The molecule has 122 valence electrons. The zero-order valence-electron chi connectivity index (χ0n) is 13.1. The second kappa shape index (κ2) is 9.43. The van der Waals surface area contributed by atoms with Gasteiger partial charge in [0.2, 0.25) is 11.8 Å². The fourth-order valence-corrected chi connectivity index (χ4v) is 2.24. The summed E-state index contributed by atoms with van der Waals surface area (Å²) in [5, 5.41) is 6.04. The molecule has 0 saturated heterocycles. The van der Waals surface area contributed by atoms with Gasteiger partial charge in [-0.2, -0.15) is 0 Å². The number of amides is 2. The Bertz CT molecular complexity index is 516. The van der Waals surface area contributed by atoms with E-state index in [2.05, 4.69) is 10.6 Å². The predicted octanol–water partition coefficient (Wildman–Crippen LogP) is 3.39. The Morgan fingerprint density at radius 3 is 2.50 bits per heavy atom. The number of benzene rings is 1. The van der Waals surface area contributed by atoms with Crippen molar-refractivity contribution in [2.24, 2.45) is 11.7 Å². The van der Waals surface area contributed by atoms with Crippen LogP contribution in [-0.4, -0.2) is 18.4 Å². The van der Waals surface area contributed by atoms with Gasteiger partial charge in [-0.05, 0) is 44.0 Å². The van der Waals surface area contributed by atoms with Crippen molar-refractivity contribution >= 4 is 34.8 Å². The number of halogens is 1. The molecule has 6 heteroatoms. The van der Waals surface area contributed by atoms with Gasteiger partial charge in [0.25, 0.3) is 0 Å². The van der Waals surface area contributed by atoms with Crippen LogP contribution in [0, 0.1) is 5.92 Å². The summed E-state index contributed by atoms with van der Waals surface area (Å²) < 4.78 is 0. The Morgan fingerprint density at radius 1 is 1.23 bits per heavy atom. The third-order valence-electron chi connectivity index (χ3n) is 3.47. The Labute approximate surface area is 136 Å². The summed E-state index contributed by atoms with van der Waals surface area (Å²) in [6, 6.07) is 5.03. The fraction of sp³-hybridized carbons (Fsp3) is 0.500. The molecule has 1 aromatic carbocycles. The molecule has 0 aliphatic carbocycles. The molecule has 1 rings (SSSR count). The summed E-state index contributed by atoms with van der Waals surface area (Å²) in [6.45, 7) is 4.43. The molecule has 0 unspecified atom stereocenters. The first-order chi connectivity index (χ1) is 10.5. The topological polar surface area (TPSA) is 84.2 Å². The van der Waals surface area contributed by atoms with E-state index >= 15 is 0 Å². The highest BCUT2D eigenvalue weighted by atomic mass is 35.5. The largest absolute Gasteiger partial charge is 0.330 e. The molecule has 0 bridgehead atoms. The second-order valence-corrected chi connectivity index (χ2v) is 5.54. The number of rotatable bonds is 8. The summed E-state index contributed by atoms with van der Waals surface area (Å²) >= 11 is 6.11. The monoisotopic (exact) mass is 325 g/mol. The van der Waals surface area contributed by atoms with Crippen molar-refractivity contribution in [1.82, 2.24) is 0 Å². The van der Waals surface area contributed by atoms with E-state index in [9.17, 15) is 9.59 Å². The van der Waals surface area contributed by atoms with Gasteiger partial charge in [0.1, 0.15) is 0 Å². The van der Waals surface area contributed by atoms with E-state index in [0.717, 1.165) is 12.8 Å². The van der Waals surface area contributed by atoms with E-state index in [-0.39, 0.29) is 17.7 Å². The summed E-state index contributed by atoms with van der Waals surface area (Å²) in [6.07, 6.45) is 2.55. The summed E-state index contributed by atoms with van der Waals surface area (Å²) in [4.78, 5) is 23.8. The maximum atomic E-state index is 12.1. The Morgan fingerprint density at radius 2 is 1.91 bits per heavy atom. The van der Waals surface area contributed by atoms with Crippen LogP contribution in [0.25, 0.3) is 0 Å². The zero-order chi connectivity index (χ0) is 16.5. The van der Waals surface area contributed by atoms with Crippen LogP contribution in [0.1, 0.15) is 39.5 Å². The molecular formula is C16H24ClN3O2. The van der Waals surface area contributed by atoms with E-state index in [1.165, 1.54) is 0 Å². The van der Waals surface area contributed by atoms with Gasteiger partial charge < -0.3 is 16.4 Å². The van der Waals surface area contributed by atoms with Crippen molar-refractivity contribution < 1.29 is 9.59 Å². The average molecular weight is 326 g/mol. The molecule has 0 spiro atoms. The lowest BCUT2D eigenvalue weighted by Gasteiger charge is -2.15. The third kappa shape index (κ3) is 5.66. The van der Waals surface area contributed by atoms with Crippen LogP contribution in [-0.2, 0) is 9.59 Å². The Kier molecular flexibility index (Phi) is 7.91. The molecule has 2 amide bonds. The highest BCUT2D eigenvalue weighted by Crippen LogP contribution is 2.26. The average Bonchev–Trinajstić information content (AvgIpc) is 2.49. The van der Waals surface area contributed by atoms with Crippen LogP contribution in [0.2, 0.25) is 5.02 Å². The predicted molar refractivity (Wildman–Crippen MR) is 91.1 cm³/mol. The Balaban J connectivity index is 2.77. The van der Waals surface area contributed by atoms with Gasteiger partial charge in [0, 0.05) is 18.0 Å².